The second-order valence-electron chi connectivity index (χ2n) is 4.05. The third-order valence-corrected chi connectivity index (χ3v) is 5.66. The van der Waals surface area contributed by atoms with Crippen LogP contribution < -0.4 is 26.8 Å². The monoisotopic (exact) mass is 364 g/mol. The molecule has 0 bridgehead atoms. The SMILES string of the molecule is O=c1[nH]c2ccccc2c(O)c1[I-]c1ccccc1. The van der Waals surface area contributed by atoms with Crippen LogP contribution in [0.2, 0.25) is 0 Å². The van der Waals surface area contributed by atoms with E-state index in [9.17, 15) is 9.90 Å². The number of hydrogen-bond donors (Lipinski definition) is 2. The van der Waals surface area contributed by atoms with Crippen molar-refractivity contribution in [1.29, 1.82) is 0 Å². The van der Waals surface area contributed by atoms with Crippen LogP contribution in [0.4, 0.5) is 0 Å². The number of aromatic hydroxyl groups is 1. The Morgan fingerprint density at radius 2 is 1.63 bits per heavy atom. The van der Waals surface area contributed by atoms with Gasteiger partial charge < -0.3 is 0 Å². The number of hydrogen-bond acceptors (Lipinski definition) is 2. The number of aromatic amines is 1. The average Bonchev–Trinajstić information content (AvgIpc) is 2.45. The van der Waals surface area contributed by atoms with Crippen molar-refractivity contribution in [2.75, 3.05) is 0 Å². The van der Waals surface area contributed by atoms with Crippen LogP contribution in [-0.4, -0.2) is 10.1 Å². The number of halogens is 1. The molecule has 96 valence electrons. The van der Waals surface area contributed by atoms with Gasteiger partial charge in [-0.3, -0.25) is 0 Å². The summed E-state index contributed by atoms with van der Waals surface area (Å²) in [5.74, 6) is 0.121. The van der Waals surface area contributed by atoms with E-state index in [1.54, 1.807) is 6.07 Å². The van der Waals surface area contributed by atoms with Crippen LogP contribution >= 0.6 is 0 Å². The second kappa shape index (κ2) is 5.05. The van der Waals surface area contributed by atoms with Crippen LogP contribution in [0.15, 0.2) is 59.4 Å². The second-order valence-corrected chi connectivity index (χ2v) is 6.92. The van der Waals surface area contributed by atoms with E-state index < -0.39 is 21.2 Å². The van der Waals surface area contributed by atoms with Crippen LogP contribution in [0, 0.1) is 7.14 Å². The number of para-hydroxylation sites is 1. The summed E-state index contributed by atoms with van der Waals surface area (Å²) in [7, 11) is 0. The Bertz CT molecular complexity index is 781. The molecule has 1 aromatic heterocycles. The molecule has 0 fully saturated rings. The van der Waals surface area contributed by atoms with Crippen LogP contribution in [0.1, 0.15) is 0 Å². The minimum atomic E-state index is -0.683. The van der Waals surface area contributed by atoms with Crippen molar-refractivity contribution in [3.63, 3.8) is 0 Å². The summed E-state index contributed by atoms with van der Waals surface area (Å²) in [6.07, 6.45) is 0. The van der Waals surface area contributed by atoms with E-state index in [0.717, 1.165) is 3.57 Å². The van der Waals surface area contributed by atoms with E-state index in [-0.39, 0.29) is 11.3 Å². The fourth-order valence-electron chi connectivity index (χ4n) is 1.88. The summed E-state index contributed by atoms with van der Waals surface area (Å²) < 4.78 is 1.63. The molecule has 0 radical (unpaired) electrons. The number of pyridine rings is 1. The van der Waals surface area contributed by atoms with Crippen LogP contribution in [-0.2, 0) is 0 Å². The molecule has 0 aliphatic heterocycles. The predicted octanol–water partition coefficient (Wildman–Crippen LogP) is -0.638. The molecule has 0 aliphatic rings. The van der Waals surface area contributed by atoms with Crippen molar-refractivity contribution in [3.8, 4) is 5.75 Å². The number of rotatable bonds is 2. The van der Waals surface area contributed by atoms with Gasteiger partial charge in [-0.15, -0.1) is 0 Å². The van der Waals surface area contributed by atoms with Gasteiger partial charge in [0.05, 0.1) is 0 Å². The van der Waals surface area contributed by atoms with Crippen molar-refractivity contribution in [3.05, 3.63) is 72.1 Å². The molecule has 2 aromatic carbocycles. The van der Waals surface area contributed by atoms with Gasteiger partial charge in [-0.25, -0.2) is 0 Å². The molecule has 0 saturated carbocycles. The number of aromatic nitrogens is 1. The van der Waals surface area contributed by atoms with Crippen LogP contribution in [0.5, 0.6) is 5.75 Å². The standard InChI is InChI=1S/C15H11INO2/c18-14-11-8-4-5-9-12(11)17-15(19)13(14)16-10-6-2-1-3-7-10/h1-9H,(H2,17,18,19)/q-1. The topological polar surface area (TPSA) is 53.1 Å². The van der Waals surface area contributed by atoms with Crippen LogP contribution in [0.3, 0.4) is 0 Å². The molecule has 0 unspecified atom stereocenters. The van der Waals surface area contributed by atoms with Gasteiger partial charge in [0.1, 0.15) is 0 Å². The maximum absolute atomic E-state index is 12.1. The zero-order chi connectivity index (χ0) is 13.2. The summed E-state index contributed by atoms with van der Waals surface area (Å²) in [5, 5.41) is 11.0. The first-order chi connectivity index (χ1) is 9.25. The fraction of sp³-hybridized carbons (Fsp3) is 0. The van der Waals surface area contributed by atoms with Gasteiger partial charge >= 0.3 is 120 Å². The van der Waals surface area contributed by atoms with Gasteiger partial charge in [-0.05, 0) is 0 Å². The van der Waals surface area contributed by atoms with E-state index in [1.165, 1.54) is 0 Å². The van der Waals surface area contributed by atoms with Crippen molar-refractivity contribution in [2.24, 2.45) is 0 Å². The normalized spacial score (nSPS) is 10.9. The number of fused-ring (bicyclic) bond motifs is 1. The predicted molar refractivity (Wildman–Crippen MR) is 70.1 cm³/mol. The molecule has 0 spiro atoms. The Morgan fingerprint density at radius 3 is 2.42 bits per heavy atom. The summed E-state index contributed by atoms with van der Waals surface area (Å²) >= 11 is -0.683. The van der Waals surface area contributed by atoms with Gasteiger partial charge in [0, 0.05) is 0 Å². The number of nitrogens with one attached hydrogen (secondary N) is 1. The van der Waals surface area contributed by atoms with Gasteiger partial charge in [0.15, 0.2) is 0 Å². The Labute approximate surface area is 120 Å². The van der Waals surface area contributed by atoms with Crippen molar-refractivity contribution < 1.29 is 26.3 Å². The third kappa shape index (κ3) is 2.35. The number of H-pyrrole nitrogens is 1. The Hall–Kier alpha value is -1.82. The molecular formula is C15H11INO2-. The van der Waals surface area contributed by atoms with Crippen molar-refractivity contribution in [1.82, 2.24) is 4.98 Å². The van der Waals surface area contributed by atoms with Gasteiger partial charge in [0.25, 0.3) is 0 Å². The fourth-order valence-corrected chi connectivity index (χ4v) is 4.20. The summed E-state index contributed by atoms with van der Waals surface area (Å²) in [5.41, 5.74) is 0.485. The molecule has 3 nitrogen and oxygen atoms in total. The molecule has 0 atom stereocenters. The molecule has 19 heavy (non-hydrogen) atoms. The molecule has 2 N–H and O–H groups in total. The van der Waals surface area contributed by atoms with Gasteiger partial charge in [0.2, 0.25) is 0 Å². The molecular weight excluding hydrogens is 353 g/mol. The van der Waals surface area contributed by atoms with Crippen molar-refractivity contribution in [2.45, 2.75) is 0 Å². The zero-order valence-electron chi connectivity index (χ0n) is 9.93. The Balaban J connectivity index is 2.16. The van der Waals surface area contributed by atoms with Crippen molar-refractivity contribution >= 4 is 10.9 Å². The Morgan fingerprint density at radius 1 is 0.947 bits per heavy atom. The summed E-state index contributed by atoms with van der Waals surface area (Å²) in [6, 6.07) is 17.1. The van der Waals surface area contributed by atoms with E-state index >= 15 is 0 Å². The molecule has 3 rings (SSSR count). The molecule has 4 heteroatoms. The van der Waals surface area contributed by atoms with E-state index in [0.29, 0.717) is 14.5 Å². The number of benzene rings is 2. The van der Waals surface area contributed by atoms with Crippen LogP contribution in [0.25, 0.3) is 10.9 Å². The minimum absolute atomic E-state index is 0.121. The molecule has 1 heterocycles. The molecule has 3 aromatic rings. The zero-order valence-corrected chi connectivity index (χ0v) is 12.1. The molecule has 0 saturated heterocycles. The van der Waals surface area contributed by atoms with E-state index in [2.05, 4.69) is 4.98 Å². The third-order valence-electron chi connectivity index (χ3n) is 2.77. The first kappa shape index (κ1) is 12.2. The van der Waals surface area contributed by atoms with E-state index in [1.807, 2.05) is 48.5 Å². The summed E-state index contributed by atoms with van der Waals surface area (Å²) in [4.78, 5) is 14.9. The molecule has 0 amide bonds. The first-order valence-electron chi connectivity index (χ1n) is 5.79. The average molecular weight is 364 g/mol. The maximum atomic E-state index is 12.1. The molecule has 0 aliphatic carbocycles. The summed E-state index contributed by atoms with van der Waals surface area (Å²) in [6.45, 7) is 0. The Kier molecular flexibility index (Phi) is 3.25. The first-order valence-corrected chi connectivity index (χ1v) is 7.95. The van der Waals surface area contributed by atoms with E-state index in [4.69, 9.17) is 0 Å². The quantitative estimate of drug-likeness (QED) is 0.595. The van der Waals surface area contributed by atoms with Gasteiger partial charge in [-0.2, -0.15) is 0 Å². The van der Waals surface area contributed by atoms with Gasteiger partial charge in [-0.1, -0.05) is 0 Å².